The van der Waals surface area contributed by atoms with E-state index in [0.717, 1.165) is 37.7 Å². The van der Waals surface area contributed by atoms with E-state index < -0.39 is 23.7 Å². The smallest absolute Gasteiger partial charge is 0.141 e. The number of carbonyl (C=O) groups is 1. The second-order valence-corrected chi connectivity index (χ2v) is 14.4. The maximum absolute atomic E-state index is 13.0. The molecule has 4 fully saturated rings. The molecule has 0 aromatic carbocycles. The highest BCUT2D eigenvalue weighted by atomic mass is 16.3. The molecule has 0 spiro atoms. The summed E-state index contributed by atoms with van der Waals surface area (Å²) in [7, 11) is 0. The summed E-state index contributed by atoms with van der Waals surface area (Å²) in [6.45, 7) is 9.35. The summed E-state index contributed by atoms with van der Waals surface area (Å²) in [5.41, 5.74) is 2.35. The molecule has 4 aliphatic rings. The number of fused-ring (bicyclic) bond motifs is 1. The number of Topliss-reactive ketones (excluding diaryl/α,β-unsaturated/α-hetero) is 1. The van der Waals surface area contributed by atoms with Crippen LogP contribution in [0.5, 0.6) is 0 Å². The lowest BCUT2D eigenvalue weighted by molar-refractivity contribution is -0.127. The Morgan fingerprint density at radius 3 is 2.38 bits per heavy atom. The molecule has 4 rings (SSSR count). The van der Waals surface area contributed by atoms with Gasteiger partial charge in [-0.2, -0.15) is 0 Å². The summed E-state index contributed by atoms with van der Waals surface area (Å²) in [6, 6.07) is 0. The molecule has 3 N–H and O–H groups in total. The van der Waals surface area contributed by atoms with E-state index in [0.29, 0.717) is 37.5 Å². The minimum absolute atomic E-state index is 0.0533. The highest BCUT2D eigenvalue weighted by Crippen LogP contribution is 2.62. The van der Waals surface area contributed by atoms with Crippen molar-refractivity contribution in [2.75, 3.05) is 0 Å². The molecule has 6 atom stereocenters. The van der Waals surface area contributed by atoms with E-state index in [2.05, 4.69) is 45.9 Å². The predicted octanol–water partition coefficient (Wildman–Crippen LogP) is 7.61. The Balaban J connectivity index is 1.40. The summed E-state index contributed by atoms with van der Waals surface area (Å²) in [5.74, 6) is 1.36. The summed E-state index contributed by atoms with van der Waals surface area (Å²) >= 11 is 0. The minimum Gasteiger partial charge on any atom is -0.393 e. The number of aliphatic hydroxyl groups excluding tert-OH is 3. The van der Waals surface area contributed by atoms with Gasteiger partial charge in [0.1, 0.15) is 5.78 Å². The SMILES string of the molecule is CCCCCCCC(=O)C1([C@@H](O)/C=C/C(C)(C)[C@H]2CC[C@H]3/C(=C/C=C4C[C@@H](O)C[C@H](O)C4)CCC[C@]23C)CC1. The van der Waals surface area contributed by atoms with Crippen molar-refractivity contribution < 1.29 is 20.1 Å². The molecule has 0 amide bonds. The molecule has 0 heterocycles. The predicted molar refractivity (Wildman–Crippen MR) is 159 cm³/mol. The first-order valence-corrected chi connectivity index (χ1v) is 16.2. The largest absolute Gasteiger partial charge is 0.393 e. The molecule has 0 radical (unpaired) electrons. The van der Waals surface area contributed by atoms with Gasteiger partial charge in [-0.25, -0.2) is 0 Å². The maximum Gasteiger partial charge on any atom is 0.141 e. The van der Waals surface area contributed by atoms with Gasteiger partial charge in [0.05, 0.1) is 23.7 Å². The lowest BCUT2D eigenvalue weighted by atomic mass is 9.57. The first-order valence-electron chi connectivity index (χ1n) is 16.2. The average molecular weight is 541 g/mol. The van der Waals surface area contributed by atoms with Crippen molar-refractivity contribution >= 4 is 5.78 Å². The van der Waals surface area contributed by atoms with Gasteiger partial charge in [-0.05, 0) is 93.3 Å². The topological polar surface area (TPSA) is 77.8 Å². The lowest BCUT2D eigenvalue weighted by Gasteiger charge is -2.47. The van der Waals surface area contributed by atoms with Crippen LogP contribution in [0.15, 0.2) is 35.5 Å². The van der Waals surface area contributed by atoms with Gasteiger partial charge in [-0.3, -0.25) is 4.79 Å². The van der Waals surface area contributed by atoms with E-state index in [1.165, 1.54) is 50.5 Å². The molecular formula is C35H56O4. The van der Waals surface area contributed by atoms with E-state index in [9.17, 15) is 20.1 Å². The zero-order chi connectivity index (χ0) is 28.3. The van der Waals surface area contributed by atoms with Crippen LogP contribution in [0.1, 0.15) is 130 Å². The van der Waals surface area contributed by atoms with Gasteiger partial charge >= 0.3 is 0 Å². The number of aliphatic hydroxyl groups is 3. The monoisotopic (exact) mass is 540 g/mol. The van der Waals surface area contributed by atoms with Crippen LogP contribution < -0.4 is 0 Å². The normalized spacial score (nSPS) is 34.3. The van der Waals surface area contributed by atoms with Crippen LogP contribution in [0.2, 0.25) is 0 Å². The first-order chi connectivity index (χ1) is 18.5. The molecule has 0 aromatic rings. The Labute approximate surface area is 238 Å². The number of rotatable bonds is 12. The highest BCUT2D eigenvalue weighted by molar-refractivity contribution is 5.88. The van der Waals surface area contributed by atoms with E-state index in [-0.39, 0.29) is 16.6 Å². The number of hydrogen-bond acceptors (Lipinski definition) is 4. The quantitative estimate of drug-likeness (QED) is 0.176. The number of ketones is 1. The van der Waals surface area contributed by atoms with Crippen LogP contribution in [0.3, 0.4) is 0 Å². The van der Waals surface area contributed by atoms with Crippen LogP contribution in [0.25, 0.3) is 0 Å². The van der Waals surface area contributed by atoms with Crippen LogP contribution in [0.4, 0.5) is 0 Å². The molecule has 4 saturated carbocycles. The Morgan fingerprint density at radius 2 is 1.72 bits per heavy atom. The van der Waals surface area contributed by atoms with Crippen molar-refractivity contribution in [3.05, 3.63) is 35.5 Å². The minimum atomic E-state index is -0.667. The number of allylic oxidation sites excluding steroid dienone is 4. The van der Waals surface area contributed by atoms with Crippen molar-refractivity contribution in [2.45, 2.75) is 149 Å². The van der Waals surface area contributed by atoms with Crippen molar-refractivity contribution in [2.24, 2.45) is 28.1 Å². The number of carbonyl (C=O) groups excluding carboxylic acids is 1. The Morgan fingerprint density at radius 1 is 1.03 bits per heavy atom. The Hall–Kier alpha value is -1.23. The standard InChI is InChI=1S/C35H56O4/c1-5-6-7-8-9-12-31(38)35(20-21-35)32(39)17-19-33(2,3)30-16-15-29-26(11-10-18-34(29,30)4)14-13-25-22-27(36)24-28(37)23-25/h13-14,17,19,27-30,32,36-37,39H,5-12,15-16,18,20-24H2,1-4H3/b19-17+,26-14+/t27-,28-,29+,30-,32+,34+/m1/s1. The lowest BCUT2D eigenvalue weighted by Crippen LogP contribution is -2.39. The summed E-state index contributed by atoms with van der Waals surface area (Å²) in [6.07, 6.45) is 23.0. The third kappa shape index (κ3) is 6.99. The van der Waals surface area contributed by atoms with Crippen LogP contribution in [-0.4, -0.2) is 39.4 Å². The van der Waals surface area contributed by atoms with Gasteiger partial charge in [-0.15, -0.1) is 0 Å². The molecule has 4 heteroatoms. The summed E-state index contributed by atoms with van der Waals surface area (Å²) in [4.78, 5) is 13.0. The Kier molecular flexibility index (Phi) is 10.0. The molecule has 220 valence electrons. The zero-order valence-electron chi connectivity index (χ0n) is 25.3. The fourth-order valence-corrected chi connectivity index (χ4v) is 8.64. The first kappa shape index (κ1) is 30.7. The van der Waals surface area contributed by atoms with Gasteiger partial charge in [0, 0.05) is 6.42 Å². The van der Waals surface area contributed by atoms with Crippen LogP contribution >= 0.6 is 0 Å². The highest BCUT2D eigenvalue weighted by Gasteiger charge is 2.55. The molecule has 0 saturated heterocycles. The molecule has 39 heavy (non-hydrogen) atoms. The third-order valence-electron chi connectivity index (χ3n) is 11.1. The second kappa shape index (κ2) is 12.7. The molecule has 0 aliphatic heterocycles. The fraction of sp³-hybridized carbons (Fsp3) is 0.800. The fourth-order valence-electron chi connectivity index (χ4n) is 8.64. The second-order valence-electron chi connectivity index (χ2n) is 14.4. The molecule has 0 unspecified atom stereocenters. The van der Waals surface area contributed by atoms with Gasteiger partial charge in [0.15, 0.2) is 0 Å². The van der Waals surface area contributed by atoms with E-state index in [1.807, 2.05) is 6.08 Å². The zero-order valence-corrected chi connectivity index (χ0v) is 25.3. The van der Waals surface area contributed by atoms with E-state index in [1.54, 1.807) is 0 Å². The van der Waals surface area contributed by atoms with E-state index >= 15 is 0 Å². The van der Waals surface area contributed by atoms with Crippen molar-refractivity contribution in [3.8, 4) is 0 Å². The summed E-state index contributed by atoms with van der Waals surface area (Å²) in [5, 5.41) is 31.3. The van der Waals surface area contributed by atoms with Crippen molar-refractivity contribution in [3.63, 3.8) is 0 Å². The van der Waals surface area contributed by atoms with Crippen LogP contribution in [-0.2, 0) is 4.79 Å². The van der Waals surface area contributed by atoms with Crippen molar-refractivity contribution in [1.29, 1.82) is 0 Å². The maximum atomic E-state index is 13.0. The molecule has 4 aliphatic carbocycles. The third-order valence-corrected chi connectivity index (χ3v) is 11.1. The van der Waals surface area contributed by atoms with Gasteiger partial charge < -0.3 is 15.3 Å². The Bertz CT molecular complexity index is 926. The van der Waals surface area contributed by atoms with Gasteiger partial charge in [0.25, 0.3) is 0 Å². The van der Waals surface area contributed by atoms with Gasteiger partial charge in [0.2, 0.25) is 0 Å². The molecule has 0 aromatic heterocycles. The van der Waals surface area contributed by atoms with E-state index in [4.69, 9.17) is 0 Å². The van der Waals surface area contributed by atoms with Gasteiger partial charge in [-0.1, -0.05) is 88.8 Å². The number of unbranched alkanes of at least 4 members (excludes halogenated alkanes) is 4. The number of hydrogen-bond donors (Lipinski definition) is 3. The summed E-state index contributed by atoms with van der Waals surface area (Å²) < 4.78 is 0. The average Bonchev–Trinajstić information content (AvgIpc) is 3.61. The molecule has 4 nitrogen and oxygen atoms in total. The molecular weight excluding hydrogens is 484 g/mol. The van der Waals surface area contributed by atoms with Crippen LogP contribution in [0, 0.1) is 28.1 Å². The molecule has 0 bridgehead atoms. The van der Waals surface area contributed by atoms with Crippen molar-refractivity contribution in [1.82, 2.24) is 0 Å².